The number of thiazole rings is 1. The molecular formula is C16H15FN4O3S. The van der Waals surface area contributed by atoms with Crippen LogP contribution in [0.15, 0.2) is 24.3 Å². The third-order valence-corrected chi connectivity index (χ3v) is 4.31. The number of nitrogens with zero attached hydrogens (tertiary/aromatic N) is 3. The molecule has 0 radical (unpaired) electrons. The smallest absolute Gasteiger partial charge is 0.358 e. The number of aromatic carboxylic acids is 1. The molecule has 2 aromatic heterocycles. The Kier molecular flexibility index (Phi) is 4.49. The van der Waals surface area contributed by atoms with Crippen molar-refractivity contribution in [1.29, 1.82) is 0 Å². The van der Waals surface area contributed by atoms with Gasteiger partial charge in [-0.25, -0.2) is 13.9 Å². The van der Waals surface area contributed by atoms with Crippen LogP contribution in [0.25, 0.3) is 16.0 Å². The zero-order valence-corrected chi connectivity index (χ0v) is 14.3. The van der Waals surface area contributed by atoms with Crippen LogP contribution in [0.1, 0.15) is 30.8 Å². The minimum atomic E-state index is -1.20. The first kappa shape index (κ1) is 17.0. The Morgan fingerprint density at radius 1 is 1.32 bits per heavy atom. The molecule has 0 bridgehead atoms. The second kappa shape index (κ2) is 6.60. The van der Waals surface area contributed by atoms with Crippen molar-refractivity contribution in [3.8, 4) is 5.69 Å². The van der Waals surface area contributed by atoms with Gasteiger partial charge in [0.05, 0.1) is 5.69 Å². The zero-order valence-electron chi connectivity index (χ0n) is 13.5. The monoisotopic (exact) mass is 362 g/mol. The normalized spacial score (nSPS) is 11.2. The minimum absolute atomic E-state index is 0.166. The Labute approximate surface area is 146 Å². The van der Waals surface area contributed by atoms with Gasteiger partial charge in [0, 0.05) is 6.42 Å². The van der Waals surface area contributed by atoms with E-state index < -0.39 is 11.8 Å². The third kappa shape index (κ3) is 3.50. The van der Waals surface area contributed by atoms with Gasteiger partial charge in [-0.2, -0.15) is 10.1 Å². The largest absolute Gasteiger partial charge is 0.476 e. The van der Waals surface area contributed by atoms with Crippen LogP contribution in [0.3, 0.4) is 0 Å². The molecule has 0 saturated carbocycles. The number of carboxylic acid groups (broad SMARTS) is 1. The fourth-order valence-corrected chi connectivity index (χ4v) is 3.24. The first-order chi connectivity index (χ1) is 11.8. The molecule has 3 aromatic rings. The van der Waals surface area contributed by atoms with Gasteiger partial charge in [0.15, 0.2) is 16.5 Å². The Balaban J connectivity index is 2.04. The van der Waals surface area contributed by atoms with E-state index in [0.29, 0.717) is 27.6 Å². The van der Waals surface area contributed by atoms with Crippen molar-refractivity contribution < 1.29 is 19.1 Å². The molecule has 9 heteroatoms. The van der Waals surface area contributed by atoms with Crippen LogP contribution in [0.4, 0.5) is 9.52 Å². The summed E-state index contributed by atoms with van der Waals surface area (Å²) in [5.74, 6) is -1.61. The molecule has 1 amide bonds. The van der Waals surface area contributed by atoms with Crippen molar-refractivity contribution in [2.75, 3.05) is 5.32 Å². The number of anilines is 1. The van der Waals surface area contributed by atoms with Crippen LogP contribution in [0.2, 0.25) is 0 Å². The number of hydrogen-bond donors (Lipinski definition) is 2. The van der Waals surface area contributed by atoms with Gasteiger partial charge in [-0.3, -0.25) is 4.79 Å². The minimum Gasteiger partial charge on any atom is -0.476 e. The summed E-state index contributed by atoms with van der Waals surface area (Å²) in [5, 5.41) is 16.4. The van der Waals surface area contributed by atoms with Crippen molar-refractivity contribution in [1.82, 2.24) is 14.8 Å². The standard InChI is InChI=1S/C16H15FN4O3S/c1-8(2)7-11(22)18-16-19-14-13(25-16)12(15(23)24)20-21(14)10-5-3-9(17)4-6-10/h3-6,8H,7H2,1-2H3,(H,23,24)(H,18,19,22). The SMILES string of the molecule is CC(C)CC(=O)Nc1nc2c(s1)c(C(=O)O)nn2-c1ccc(F)cc1. The number of nitrogens with one attached hydrogen (secondary N) is 1. The molecule has 25 heavy (non-hydrogen) atoms. The summed E-state index contributed by atoms with van der Waals surface area (Å²) in [6.07, 6.45) is 0.339. The highest BCUT2D eigenvalue weighted by atomic mass is 32.1. The van der Waals surface area contributed by atoms with Crippen LogP contribution in [0, 0.1) is 11.7 Å². The van der Waals surface area contributed by atoms with Crippen molar-refractivity contribution in [2.45, 2.75) is 20.3 Å². The molecule has 3 rings (SSSR count). The average Bonchev–Trinajstić information content (AvgIpc) is 3.05. The molecule has 0 saturated heterocycles. The van der Waals surface area contributed by atoms with E-state index in [4.69, 9.17) is 0 Å². The van der Waals surface area contributed by atoms with Crippen LogP contribution < -0.4 is 5.32 Å². The van der Waals surface area contributed by atoms with E-state index in [-0.39, 0.29) is 17.5 Å². The molecule has 0 atom stereocenters. The lowest BCUT2D eigenvalue weighted by Crippen LogP contribution is -2.13. The molecule has 0 aliphatic heterocycles. The maximum absolute atomic E-state index is 13.1. The number of carbonyl (C=O) groups excluding carboxylic acids is 1. The summed E-state index contributed by atoms with van der Waals surface area (Å²) in [4.78, 5) is 27.6. The highest BCUT2D eigenvalue weighted by Gasteiger charge is 2.22. The molecule has 130 valence electrons. The lowest BCUT2D eigenvalue weighted by molar-refractivity contribution is -0.116. The van der Waals surface area contributed by atoms with Crippen molar-refractivity contribution >= 4 is 38.7 Å². The van der Waals surface area contributed by atoms with Gasteiger partial charge in [0.2, 0.25) is 5.91 Å². The highest BCUT2D eigenvalue weighted by molar-refractivity contribution is 7.22. The van der Waals surface area contributed by atoms with Crippen LogP contribution in [-0.4, -0.2) is 31.7 Å². The predicted molar refractivity (Wildman–Crippen MR) is 91.7 cm³/mol. The van der Waals surface area contributed by atoms with E-state index in [9.17, 15) is 19.1 Å². The number of carboxylic acids is 1. The van der Waals surface area contributed by atoms with Gasteiger partial charge < -0.3 is 10.4 Å². The molecule has 1 aromatic carbocycles. The van der Waals surface area contributed by atoms with Gasteiger partial charge >= 0.3 is 5.97 Å². The van der Waals surface area contributed by atoms with Gasteiger partial charge in [-0.1, -0.05) is 25.2 Å². The molecule has 0 fully saturated rings. The molecule has 2 heterocycles. The lowest BCUT2D eigenvalue weighted by atomic mass is 10.1. The summed E-state index contributed by atoms with van der Waals surface area (Å²) in [5.41, 5.74) is 0.610. The fourth-order valence-electron chi connectivity index (χ4n) is 2.30. The van der Waals surface area contributed by atoms with Gasteiger partial charge in [-0.05, 0) is 30.2 Å². The summed E-state index contributed by atoms with van der Waals surface area (Å²) >= 11 is 1.04. The van der Waals surface area contributed by atoms with E-state index in [1.807, 2.05) is 13.8 Å². The first-order valence-corrected chi connectivity index (χ1v) is 8.35. The van der Waals surface area contributed by atoms with Crippen molar-refractivity contribution in [3.63, 3.8) is 0 Å². The maximum atomic E-state index is 13.1. The Morgan fingerprint density at radius 3 is 2.60 bits per heavy atom. The second-order valence-corrected chi connectivity index (χ2v) is 6.86. The number of benzene rings is 1. The molecule has 0 aliphatic carbocycles. The van der Waals surface area contributed by atoms with Crippen molar-refractivity contribution in [2.24, 2.45) is 5.92 Å². The summed E-state index contributed by atoms with van der Waals surface area (Å²) in [7, 11) is 0. The van der Waals surface area contributed by atoms with Gasteiger partial charge in [0.1, 0.15) is 10.5 Å². The molecule has 0 spiro atoms. The molecule has 0 unspecified atom stereocenters. The first-order valence-electron chi connectivity index (χ1n) is 7.53. The van der Waals surface area contributed by atoms with Gasteiger partial charge in [-0.15, -0.1) is 0 Å². The number of aromatic nitrogens is 3. The summed E-state index contributed by atoms with van der Waals surface area (Å²) in [6.45, 7) is 3.85. The third-order valence-electron chi connectivity index (χ3n) is 3.34. The maximum Gasteiger partial charge on any atom is 0.358 e. The molecule has 2 N–H and O–H groups in total. The van der Waals surface area contributed by atoms with E-state index in [1.54, 1.807) is 0 Å². The van der Waals surface area contributed by atoms with E-state index >= 15 is 0 Å². The lowest BCUT2D eigenvalue weighted by Gasteiger charge is -2.04. The number of fused-ring (bicyclic) bond motifs is 1. The van der Waals surface area contributed by atoms with E-state index in [2.05, 4.69) is 15.4 Å². The summed E-state index contributed by atoms with van der Waals surface area (Å²) < 4.78 is 14.8. The molecular weight excluding hydrogens is 347 g/mol. The topological polar surface area (TPSA) is 97.1 Å². The number of carbonyl (C=O) groups is 2. The number of rotatable bonds is 5. The molecule has 7 nitrogen and oxygen atoms in total. The Morgan fingerprint density at radius 2 is 2.00 bits per heavy atom. The quantitative estimate of drug-likeness (QED) is 0.726. The van der Waals surface area contributed by atoms with Crippen molar-refractivity contribution in [3.05, 3.63) is 35.8 Å². The zero-order chi connectivity index (χ0) is 18.1. The molecule has 0 aliphatic rings. The number of hydrogen-bond acceptors (Lipinski definition) is 5. The van der Waals surface area contributed by atoms with E-state index in [1.165, 1.54) is 28.9 Å². The van der Waals surface area contributed by atoms with E-state index in [0.717, 1.165) is 11.3 Å². The van der Waals surface area contributed by atoms with Crippen LogP contribution in [0.5, 0.6) is 0 Å². The van der Waals surface area contributed by atoms with Crippen LogP contribution >= 0.6 is 11.3 Å². The Bertz CT molecular complexity index is 946. The van der Waals surface area contributed by atoms with Gasteiger partial charge in [0.25, 0.3) is 0 Å². The Hall–Kier alpha value is -2.81. The summed E-state index contributed by atoms with van der Waals surface area (Å²) in [6, 6.07) is 5.45. The number of amides is 1. The predicted octanol–water partition coefficient (Wildman–Crippen LogP) is 3.30. The second-order valence-electron chi connectivity index (χ2n) is 5.86. The number of halogens is 1. The average molecular weight is 362 g/mol. The van der Waals surface area contributed by atoms with Crippen LogP contribution in [-0.2, 0) is 4.79 Å². The fraction of sp³-hybridized carbons (Fsp3) is 0.250. The highest BCUT2D eigenvalue weighted by Crippen LogP contribution is 2.31.